The zero-order valence-corrected chi connectivity index (χ0v) is 16.5. The number of quaternary nitrogens is 1. The van der Waals surface area contributed by atoms with E-state index in [1.165, 1.54) is 25.8 Å². The van der Waals surface area contributed by atoms with E-state index in [1.54, 1.807) is 11.3 Å². The molecular weight excluding hydrogens is 360 g/mol. The van der Waals surface area contributed by atoms with Crippen LogP contribution < -0.4 is 10.2 Å². The Morgan fingerprint density at radius 2 is 2.04 bits per heavy atom. The Morgan fingerprint density at radius 1 is 1.15 bits per heavy atom. The maximum Gasteiger partial charge on any atom is 0.279 e. The normalized spacial score (nSPS) is 19.1. The molecule has 3 nitrogen and oxygen atoms in total. The summed E-state index contributed by atoms with van der Waals surface area (Å²) in [5, 5.41) is 7.46. The fourth-order valence-electron chi connectivity index (χ4n) is 3.80. The summed E-state index contributed by atoms with van der Waals surface area (Å²) < 4.78 is 0. The number of fused-ring (bicyclic) bond motifs is 1. The van der Waals surface area contributed by atoms with Crippen molar-refractivity contribution in [3.05, 3.63) is 74.1 Å². The van der Waals surface area contributed by atoms with Crippen LogP contribution in [-0.2, 0) is 17.6 Å². The zero-order valence-electron chi connectivity index (χ0n) is 14.8. The first-order chi connectivity index (χ1) is 12.8. The molecule has 0 spiro atoms. The SMILES string of the molecule is CCc1ccccc1NC(=O)C[NH+]1CCc2sccc2[C@@H]1c1cccs1. The molecule has 1 amide bonds. The van der Waals surface area contributed by atoms with Crippen molar-refractivity contribution in [1.29, 1.82) is 0 Å². The maximum atomic E-state index is 12.8. The number of hydrogen-bond donors (Lipinski definition) is 2. The standard InChI is InChI=1S/C21H22N2OS2/c1-2-15-6-3-4-7-17(15)22-20(24)14-23-11-9-18-16(10-13-26-18)21(23)19-8-5-12-25-19/h3-8,10,12-13,21H,2,9,11,14H2,1H3,(H,22,24)/p+1/t21-/m1/s1. The molecule has 1 aliphatic rings. The van der Waals surface area contributed by atoms with Crippen molar-refractivity contribution in [2.45, 2.75) is 25.8 Å². The minimum Gasteiger partial charge on any atom is -0.321 e. The lowest BCUT2D eigenvalue weighted by atomic mass is 9.98. The molecule has 26 heavy (non-hydrogen) atoms. The summed E-state index contributed by atoms with van der Waals surface area (Å²) in [6.07, 6.45) is 1.98. The Kier molecular flexibility index (Phi) is 5.20. The van der Waals surface area contributed by atoms with Crippen LogP contribution in [0.4, 0.5) is 5.69 Å². The number of carbonyl (C=O) groups excluding carboxylic acids is 1. The van der Waals surface area contributed by atoms with Crippen LogP contribution in [0.2, 0.25) is 0 Å². The van der Waals surface area contributed by atoms with Crippen LogP contribution in [0.15, 0.2) is 53.2 Å². The Hall–Kier alpha value is -1.95. The molecule has 0 aliphatic carbocycles. The third-order valence-corrected chi connectivity index (χ3v) is 6.99. The molecule has 134 valence electrons. The number of nitrogens with one attached hydrogen (secondary N) is 2. The first-order valence-corrected chi connectivity index (χ1v) is 10.8. The van der Waals surface area contributed by atoms with Crippen molar-refractivity contribution in [1.82, 2.24) is 0 Å². The number of thiophene rings is 2. The quantitative estimate of drug-likeness (QED) is 0.694. The molecule has 2 aromatic heterocycles. The van der Waals surface area contributed by atoms with Crippen molar-refractivity contribution >= 4 is 34.3 Å². The van der Waals surface area contributed by atoms with Crippen LogP contribution in [0, 0.1) is 0 Å². The van der Waals surface area contributed by atoms with E-state index in [0.717, 1.165) is 25.1 Å². The fourth-order valence-corrected chi connectivity index (χ4v) is 5.62. The summed E-state index contributed by atoms with van der Waals surface area (Å²) in [6.45, 7) is 3.61. The molecule has 2 N–H and O–H groups in total. The lowest BCUT2D eigenvalue weighted by molar-refractivity contribution is -0.919. The molecule has 0 bridgehead atoms. The van der Waals surface area contributed by atoms with E-state index in [1.807, 2.05) is 29.5 Å². The topological polar surface area (TPSA) is 33.5 Å². The highest BCUT2D eigenvalue weighted by atomic mass is 32.1. The van der Waals surface area contributed by atoms with Gasteiger partial charge in [0, 0.05) is 22.5 Å². The highest BCUT2D eigenvalue weighted by Gasteiger charge is 2.35. The molecule has 0 saturated carbocycles. The van der Waals surface area contributed by atoms with Gasteiger partial charge in [-0.25, -0.2) is 0 Å². The Balaban J connectivity index is 1.54. The third-order valence-electron chi connectivity index (χ3n) is 5.06. The molecule has 5 heteroatoms. The predicted molar refractivity (Wildman–Crippen MR) is 109 cm³/mol. The van der Waals surface area contributed by atoms with Gasteiger partial charge in [-0.2, -0.15) is 0 Å². The van der Waals surface area contributed by atoms with Crippen LogP contribution in [-0.4, -0.2) is 19.0 Å². The Labute approximate surface area is 162 Å². The molecule has 2 atom stereocenters. The van der Waals surface area contributed by atoms with Gasteiger partial charge in [0.05, 0.1) is 11.4 Å². The van der Waals surface area contributed by atoms with Gasteiger partial charge in [0.2, 0.25) is 0 Å². The summed E-state index contributed by atoms with van der Waals surface area (Å²) in [7, 11) is 0. The second-order valence-electron chi connectivity index (χ2n) is 6.64. The largest absolute Gasteiger partial charge is 0.321 e. The van der Waals surface area contributed by atoms with Crippen LogP contribution in [0.3, 0.4) is 0 Å². The summed E-state index contributed by atoms with van der Waals surface area (Å²) in [6, 6.07) is 14.9. The first-order valence-electron chi connectivity index (χ1n) is 9.08. The van der Waals surface area contributed by atoms with Crippen LogP contribution >= 0.6 is 22.7 Å². The van der Waals surface area contributed by atoms with Crippen LogP contribution in [0.25, 0.3) is 0 Å². The smallest absolute Gasteiger partial charge is 0.279 e. The molecule has 3 heterocycles. The van der Waals surface area contributed by atoms with E-state index in [4.69, 9.17) is 0 Å². The number of rotatable bonds is 5. The number of amides is 1. The average Bonchev–Trinajstić information content (AvgIpc) is 3.33. The van der Waals surface area contributed by atoms with Crippen molar-refractivity contribution < 1.29 is 9.69 Å². The maximum absolute atomic E-state index is 12.8. The van der Waals surface area contributed by atoms with Gasteiger partial charge in [-0.15, -0.1) is 22.7 Å². The van der Waals surface area contributed by atoms with E-state index in [0.29, 0.717) is 6.54 Å². The number of hydrogen-bond acceptors (Lipinski definition) is 3. The zero-order chi connectivity index (χ0) is 17.9. The number of anilines is 1. The summed E-state index contributed by atoms with van der Waals surface area (Å²) in [5.41, 5.74) is 3.53. The molecule has 0 radical (unpaired) electrons. The molecule has 4 rings (SSSR count). The van der Waals surface area contributed by atoms with Crippen LogP contribution in [0.5, 0.6) is 0 Å². The number of carbonyl (C=O) groups is 1. The lowest BCUT2D eigenvalue weighted by Crippen LogP contribution is -3.14. The molecule has 0 saturated heterocycles. The van der Waals surface area contributed by atoms with E-state index < -0.39 is 0 Å². The molecular formula is C21H23N2OS2+. The van der Waals surface area contributed by atoms with Gasteiger partial charge in [0.25, 0.3) is 5.91 Å². The van der Waals surface area contributed by atoms with Gasteiger partial charge in [0.15, 0.2) is 6.54 Å². The van der Waals surface area contributed by atoms with E-state index in [2.05, 4.69) is 47.3 Å². The number of benzene rings is 1. The van der Waals surface area contributed by atoms with Crippen molar-refractivity contribution in [2.24, 2.45) is 0 Å². The number of aryl methyl sites for hydroxylation is 1. The van der Waals surface area contributed by atoms with Gasteiger partial charge in [0.1, 0.15) is 6.04 Å². The molecule has 1 aromatic carbocycles. The van der Waals surface area contributed by atoms with E-state index in [9.17, 15) is 4.79 Å². The lowest BCUT2D eigenvalue weighted by Gasteiger charge is -2.31. The molecule has 1 unspecified atom stereocenters. The van der Waals surface area contributed by atoms with Crippen molar-refractivity contribution in [3.63, 3.8) is 0 Å². The Bertz CT molecular complexity index is 885. The van der Waals surface area contributed by atoms with Gasteiger partial charge < -0.3 is 10.2 Å². The first kappa shape index (κ1) is 17.5. The van der Waals surface area contributed by atoms with Gasteiger partial charge in [-0.3, -0.25) is 4.79 Å². The second kappa shape index (κ2) is 7.74. The predicted octanol–water partition coefficient (Wildman–Crippen LogP) is 3.54. The summed E-state index contributed by atoms with van der Waals surface area (Å²) in [5.74, 6) is 0.0983. The molecule has 1 aliphatic heterocycles. The minimum absolute atomic E-state index is 0.0983. The molecule has 0 fully saturated rings. The van der Waals surface area contributed by atoms with Gasteiger partial charge in [-0.05, 0) is 40.9 Å². The van der Waals surface area contributed by atoms with E-state index >= 15 is 0 Å². The van der Waals surface area contributed by atoms with Gasteiger partial charge in [-0.1, -0.05) is 31.2 Å². The van der Waals surface area contributed by atoms with E-state index in [-0.39, 0.29) is 11.9 Å². The molecule has 3 aromatic rings. The van der Waals surface area contributed by atoms with Crippen molar-refractivity contribution in [2.75, 3.05) is 18.4 Å². The summed E-state index contributed by atoms with van der Waals surface area (Å²) in [4.78, 5) is 17.0. The van der Waals surface area contributed by atoms with Crippen LogP contribution in [0.1, 0.15) is 33.8 Å². The highest BCUT2D eigenvalue weighted by Crippen LogP contribution is 2.31. The second-order valence-corrected chi connectivity index (χ2v) is 8.62. The van der Waals surface area contributed by atoms with Crippen molar-refractivity contribution in [3.8, 4) is 0 Å². The third kappa shape index (κ3) is 3.47. The summed E-state index contributed by atoms with van der Waals surface area (Å²) >= 11 is 3.64. The Morgan fingerprint density at radius 3 is 2.85 bits per heavy atom. The monoisotopic (exact) mass is 383 g/mol. The number of para-hydroxylation sites is 1. The highest BCUT2D eigenvalue weighted by molar-refractivity contribution is 7.10. The fraction of sp³-hybridized carbons (Fsp3) is 0.286. The minimum atomic E-state index is 0.0983. The van der Waals surface area contributed by atoms with Gasteiger partial charge >= 0.3 is 0 Å². The average molecular weight is 384 g/mol.